The summed E-state index contributed by atoms with van der Waals surface area (Å²) in [5, 5.41) is 2.79. The van der Waals surface area contributed by atoms with Gasteiger partial charge in [0, 0.05) is 23.0 Å². The molecule has 0 atom stereocenters. The maximum Gasteiger partial charge on any atom is 0.298 e. The molecule has 0 unspecified atom stereocenters. The number of amides is 1. The van der Waals surface area contributed by atoms with Crippen molar-refractivity contribution in [1.29, 1.82) is 0 Å². The molecule has 0 spiro atoms. The summed E-state index contributed by atoms with van der Waals surface area (Å²) in [5.74, 6) is -1.21. The van der Waals surface area contributed by atoms with Crippen LogP contribution in [-0.4, -0.2) is 16.1 Å². The number of ketones is 1. The number of hydrogen-bond acceptors (Lipinski definition) is 2. The highest BCUT2D eigenvalue weighted by Crippen LogP contribution is 2.29. The Morgan fingerprint density at radius 1 is 0.828 bits per heavy atom. The molecular weight excluding hydrogens is 360 g/mol. The summed E-state index contributed by atoms with van der Waals surface area (Å²) in [6.07, 6.45) is 1.81. The zero-order chi connectivity index (χ0) is 20.5. The first-order chi connectivity index (χ1) is 13.9. The van der Waals surface area contributed by atoms with Crippen LogP contribution in [0.25, 0.3) is 16.6 Å². The fraction of sp³-hybridized carbons (Fsp3) is 0.120. The molecule has 1 amide bonds. The van der Waals surface area contributed by atoms with Gasteiger partial charge in [-0.1, -0.05) is 48.0 Å². The molecule has 0 bridgehead atoms. The molecule has 144 valence electrons. The van der Waals surface area contributed by atoms with Crippen LogP contribution in [-0.2, 0) is 4.79 Å². The van der Waals surface area contributed by atoms with Crippen LogP contribution in [0.2, 0.25) is 0 Å². The van der Waals surface area contributed by atoms with Crippen molar-refractivity contribution in [2.45, 2.75) is 20.8 Å². The van der Waals surface area contributed by atoms with Gasteiger partial charge in [0.15, 0.2) is 0 Å². The maximum absolute atomic E-state index is 13.2. The van der Waals surface area contributed by atoms with Crippen LogP contribution in [0.5, 0.6) is 0 Å². The van der Waals surface area contributed by atoms with Crippen molar-refractivity contribution >= 4 is 22.9 Å². The molecule has 0 saturated carbocycles. The Kier molecular flexibility index (Phi) is 4.77. The molecule has 4 rings (SSSR count). The number of fused-ring (bicyclic) bond motifs is 1. The minimum absolute atomic E-state index is 0.368. The molecule has 29 heavy (non-hydrogen) atoms. The van der Waals surface area contributed by atoms with Crippen molar-refractivity contribution in [2.24, 2.45) is 0 Å². The molecule has 0 fully saturated rings. The normalized spacial score (nSPS) is 10.9. The van der Waals surface area contributed by atoms with E-state index in [1.807, 2.05) is 93.7 Å². The smallest absolute Gasteiger partial charge is 0.298 e. The molecule has 2 heterocycles. The second kappa shape index (κ2) is 7.40. The number of pyridine rings is 1. The summed E-state index contributed by atoms with van der Waals surface area (Å²) in [5.41, 5.74) is 6.61. The summed E-state index contributed by atoms with van der Waals surface area (Å²) in [4.78, 5) is 26.1. The Morgan fingerprint density at radius 3 is 2.31 bits per heavy atom. The number of hydrogen-bond donors (Lipinski definition) is 1. The van der Waals surface area contributed by atoms with Gasteiger partial charge in [0.05, 0.1) is 0 Å². The van der Waals surface area contributed by atoms with Crippen LogP contribution < -0.4 is 5.32 Å². The van der Waals surface area contributed by atoms with Crippen molar-refractivity contribution < 1.29 is 9.59 Å². The van der Waals surface area contributed by atoms with Crippen molar-refractivity contribution in [3.05, 3.63) is 95.3 Å². The Labute approximate surface area is 169 Å². The number of nitrogens with zero attached hydrogens (tertiary/aromatic N) is 1. The van der Waals surface area contributed by atoms with E-state index in [1.54, 1.807) is 4.40 Å². The SMILES string of the molecule is Cc1ccc(-c2cc3ccccn3c2C(=O)C(=O)Nc2cc(C)ccc2C)cc1. The van der Waals surface area contributed by atoms with Gasteiger partial charge in [-0.25, -0.2) is 0 Å². The molecule has 0 radical (unpaired) electrons. The Bertz CT molecular complexity index is 1230. The molecule has 1 N–H and O–H groups in total. The molecule has 4 aromatic rings. The second-order valence-electron chi connectivity index (χ2n) is 7.37. The van der Waals surface area contributed by atoms with E-state index < -0.39 is 11.7 Å². The number of carbonyl (C=O) groups is 2. The van der Waals surface area contributed by atoms with E-state index in [1.165, 1.54) is 0 Å². The van der Waals surface area contributed by atoms with Gasteiger partial charge >= 0.3 is 0 Å². The molecule has 4 nitrogen and oxygen atoms in total. The summed E-state index contributed by atoms with van der Waals surface area (Å²) in [6, 6.07) is 21.4. The summed E-state index contributed by atoms with van der Waals surface area (Å²) in [7, 11) is 0. The molecule has 0 saturated heterocycles. The Hall–Kier alpha value is -3.66. The van der Waals surface area contributed by atoms with Crippen LogP contribution in [0.4, 0.5) is 5.69 Å². The van der Waals surface area contributed by atoms with E-state index in [0.717, 1.165) is 33.3 Å². The lowest BCUT2D eigenvalue weighted by Crippen LogP contribution is -2.25. The summed E-state index contributed by atoms with van der Waals surface area (Å²) >= 11 is 0. The molecule has 0 aliphatic rings. The van der Waals surface area contributed by atoms with Gasteiger partial charge in [-0.05, 0) is 61.7 Å². The molecule has 2 aromatic carbocycles. The van der Waals surface area contributed by atoms with Gasteiger partial charge in [0.25, 0.3) is 11.7 Å². The van der Waals surface area contributed by atoms with Gasteiger partial charge in [0.2, 0.25) is 0 Å². The van der Waals surface area contributed by atoms with E-state index in [2.05, 4.69) is 5.32 Å². The molecular formula is C25H22N2O2. The minimum Gasteiger partial charge on any atom is -0.319 e. The number of anilines is 1. The predicted octanol–water partition coefficient (Wildman–Crippen LogP) is 5.35. The average molecular weight is 382 g/mol. The monoisotopic (exact) mass is 382 g/mol. The lowest BCUT2D eigenvalue weighted by Gasteiger charge is -2.10. The lowest BCUT2D eigenvalue weighted by molar-refractivity contribution is -0.112. The zero-order valence-electron chi connectivity index (χ0n) is 16.7. The van der Waals surface area contributed by atoms with Gasteiger partial charge in [-0.2, -0.15) is 0 Å². The molecule has 2 aromatic heterocycles. The number of aryl methyl sites for hydroxylation is 3. The highest BCUT2D eigenvalue weighted by molar-refractivity contribution is 6.47. The third kappa shape index (κ3) is 3.57. The first-order valence-electron chi connectivity index (χ1n) is 9.54. The number of aromatic nitrogens is 1. The topological polar surface area (TPSA) is 50.6 Å². The van der Waals surface area contributed by atoms with Crippen molar-refractivity contribution in [3.8, 4) is 11.1 Å². The van der Waals surface area contributed by atoms with Gasteiger partial charge in [-0.15, -0.1) is 0 Å². The van der Waals surface area contributed by atoms with E-state index in [-0.39, 0.29) is 0 Å². The van der Waals surface area contributed by atoms with E-state index in [4.69, 9.17) is 0 Å². The molecule has 4 heteroatoms. The minimum atomic E-state index is -0.643. The van der Waals surface area contributed by atoms with E-state index in [9.17, 15) is 9.59 Å². The largest absolute Gasteiger partial charge is 0.319 e. The Morgan fingerprint density at radius 2 is 1.55 bits per heavy atom. The highest BCUT2D eigenvalue weighted by atomic mass is 16.2. The fourth-order valence-electron chi connectivity index (χ4n) is 3.47. The predicted molar refractivity (Wildman–Crippen MR) is 116 cm³/mol. The number of carbonyl (C=O) groups excluding carboxylic acids is 2. The van der Waals surface area contributed by atoms with Crippen LogP contribution in [0.15, 0.2) is 72.9 Å². The van der Waals surface area contributed by atoms with Crippen LogP contribution in [0.3, 0.4) is 0 Å². The van der Waals surface area contributed by atoms with Gasteiger partial charge in [0.1, 0.15) is 5.69 Å². The number of nitrogens with one attached hydrogen (secondary N) is 1. The lowest BCUT2D eigenvalue weighted by atomic mass is 10.0. The first-order valence-corrected chi connectivity index (χ1v) is 9.54. The van der Waals surface area contributed by atoms with Crippen molar-refractivity contribution in [2.75, 3.05) is 5.32 Å². The highest BCUT2D eigenvalue weighted by Gasteiger charge is 2.25. The van der Waals surface area contributed by atoms with Crippen molar-refractivity contribution in [1.82, 2.24) is 4.40 Å². The molecule has 0 aliphatic carbocycles. The average Bonchev–Trinajstić information content (AvgIpc) is 3.10. The molecule has 0 aliphatic heterocycles. The number of rotatable bonds is 4. The fourth-order valence-corrected chi connectivity index (χ4v) is 3.47. The third-order valence-electron chi connectivity index (χ3n) is 5.10. The van der Waals surface area contributed by atoms with Crippen LogP contribution >= 0.6 is 0 Å². The van der Waals surface area contributed by atoms with Crippen LogP contribution in [0, 0.1) is 20.8 Å². The maximum atomic E-state index is 13.2. The second-order valence-corrected chi connectivity index (χ2v) is 7.37. The number of Topliss-reactive ketones (excluding diaryl/α,β-unsaturated/α-hetero) is 1. The standard InChI is InChI=1S/C25H22N2O2/c1-16-8-11-19(12-9-16)21-15-20-6-4-5-13-27(20)23(21)24(28)25(29)26-22-14-17(2)7-10-18(22)3/h4-15H,1-3H3,(H,26,29). The Balaban J connectivity index is 1.78. The summed E-state index contributed by atoms with van der Waals surface area (Å²) in [6.45, 7) is 5.88. The van der Waals surface area contributed by atoms with Gasteiger partial charge < -0.3 is 9.72 Å². The summed E-state index contributed by atoms with van der Waals surface area (Å²) < 4.78 is 1.78. The number of benzene rings is 2. The quantitative estimate of drug-likeness (QED) is 0.382. The van der Waals surface area contributed by atoms with E-state index >= 15 is 0 Å². The zero-order valence-corrected chi connectivity index (χ0v) is 16.7. The van der Waals surface area contributed by atoms with Gasteiger partial charge in [-0.3, -0.25) is 9.59 Å². The third-order valence-corrected chi connectivity index (χ3v) is 5.10. The van der Waals surface area contributed by atoms with Crippen molar-refractivity contribution in [3.63, 3.8) is 0 Å². The van der Waals surface area contributed by atoms with Crippen LogP contribution in [0.1, 0.15) is 27.2 Å². The van der Waals surface area contributed by atoms with E-state index in [0.29, 0.717) is 11.4 Å². The first kappa shape index (κ1) is 18.7.